The topological polar surface area (TPSA) is 52.6 Å². The summed E-state index contributed by atoms with van der Waals surface area (Å²) in [5, 5.41) is 13.0. The second-order valence-electron chi connectivity index (χ2n) is 4.70. The van der Waals surface area contributed by atoms with Crippen molar-refractivity contribution in [1.82, 2.24) is 10.2 Å². The van der Waals surface area contributed by atoms with Gasteiger partial charge in [0.2, 0.25) is 5.91 Å². The predicted molar refractivity (Wildman–Crippen MR) is 65.5 cm³/mol. The Morgan fingerprint density at radius 1 is 1.50 bits per heavy atom. The molecule has 0 saturated carbocycles. The molecule has 0 aliphatic carbocycles. The van der Waals surface area contributed by atoms with E-state index in [2.05, 4.69) is 19.2 Å². The fourth-order valence-corrected chi connectivity index (χ4v) is 3.45. The first-order valence-corrected chi connectivity index (χ1v) is 6.98. The van der Waals surface area contributed by atoms with Crippen LogP contribution in [-0.4, -0.2) is 58.2 Å². The molecule has 2 aliphatic rings. The molecule has 2 heterocycles. The Kier molecular flexibility index (Phi) is 3.77. The molecule has 0 aromatic rings. The zero-order valence-electron chi connectivity index (χ0n) is 9.85. The molecule has 4 nitrogen and oxygen atoms in total. The molecule has 1 amide bonds. The first kappa shape index (κ1) is 12.2. The number of rotatable bonds is 1. The third kappa shape index (κ3) is 2.36. The van der Waals surface area contributed by atoms with E-state index < -0.39 is 0 Å². The van der Waals surface area contributed by atoms with Gasteiger partial charge in [-0.15, -0.1) is 0 Å². The summed E-state index contributed by atoms with van der Waals surface area (Å²) in [4.78, 5) is 14.2. The number of amides is 1. The van der Waals surface area contributed by atoms with Gasteiger partial charge >= 0.3 is 0 Å². The molecule has 0 bridgehead atoms. The zero-order chi connectivity index (χ0) is 11.7. The van der Waals surface area contributed by atoms with Gasteiger partial charge in [-0.2, -0.15) is 11.8 Å². The highest BCUT2D eigenvalue weighted by Gasteiger charge is 2.36. The van der Waals surface area contributed by atoms with Crippen LogP contribution in [0, 0.1) is 0 Å². The van der Waals surface area contributed by atoms with Crippen LogP contribution in [0.3, 0.4) is 0 Å². The number of β-amino-alcohol motifs (C(OH)–C–C–N with tert-alkyl or cyclic N) is 1. The monoisotopic (exact) mass is 244 g/mol. The molecule has 0 spiro atoms. The van der Waals surface area contributed by atoms with E-state index in [-0.39, 0.29) is 18.1 Å². The summed E-state index contributed by atoms with van der Waals surface area (Å²) >= 11 is 1.93. The average Bonchev–Trinajstić information content (AvgIpc) is 2.68. The molecule has 2 fully saturated rings. The van der Waals surface area contributed by atoms with Crippen molar-refractivity contribution in [2.45, 2.75) is 43.7 Å². The molecule has 2 N–H and O–H groups in total. The standard InChI is InChI=1S/C11H20N2O2S/c1-7-8(2)16-4-3-13(7)11(15)10-5-9(14)6-12-10/h7-10,12,14H,3-6H2,1-2H3. The van der Waals surface area contributed by atoms with Crippen molar-refractivity contribution >= 4 is 17.7 Å². The molecule has 0 radical (unpaired) electrons. The summed E-state index contributed by atoms with van der Waals surface area (Å²) in [5.41, 5.74) is 0. The number of hydrogen-bond donors (Lipinski definition) is 2. The lowest BCUT2D eigenvalue weighted by Gasteiger charge is -2.38. The zero-order valence-corrected chi connectivity index (χ0v) is 10.7. The summed E-state index contributed by atoms with van der Waals surface area (Å²) in [5.74, 6) is 1.18. The largest absolute Gasteiger partial charge is 0.392 e. The van der Waals surface area contributed by atoms with Crippen molar-refractivity contribution in [2.75, 3.05) is 18.8 Å². The van der Waals surface area contributed by atoms with Gasteiger partial charge in [-0.3, -0.25) is 4.79 Å². The number of nitrogens with one attached hydrogen (secondary N) is 1. The van der Waals surface area contributed by atoms with Crippen LogP contribution in [0.1, 0.15) is 20.3 Å². The summed E-state index contributed by atoms with van der Waals surface area (Å²) in [6, 6.07) is 0.124. The number of carbonyl (C=O) groups is 1. The van der Waals surface area contributed by atoms with Gasteiger partial charge in [0, 0.05) is 30.1 Å². The SMILES string of the molecule is CC1SCCN(C(=O)C2CC(O)CN2)C1C. The Bertz CT molecular complexity index is 275. The highest BCUT2D eigenvalue weighted by atomic mass is 32.2. The van der Waals surface area contributed by atoms with Gasteiger partial charge in [0.15, 0.2) is 0 Å². The van der Waals surface area contributed by atoms with Gasteiger partial charge in [-0.05, 0) is 13.3 Å². The van der Waals surface area contributed by atoms with Crippen LogP contribution >= 0.6 is 11.8 Å². The molecule has 4 atom stereocenters. The minimum Gasteiger partial charge on any atom is -0.392 e. The van der Waals surface area contributed by atoms with Crippen molar-refractivity contribution < 1.29 is 9.90 Å². The first-order chi connectivity index (χ1) is 7.59. The van der Waals surface area contributed by atoms with Crippen LogP contribution in [0.15, 0.2) is 0 Å². The van der Waals surface area contributed by atoms with Gasteiger partial charge in [-0.1, -0.05) is 6.92 Å². The molecular formula is C11H20N2O2S. The van der Waals surface area contributed by atoms with Crippen molar-refractivity contribution in [3.05, 3.63) is 0 Å². The molecule has 5 heteroatoms. The molecule has 92 valence electrons. The quantitative estimate of drug-likeness (QED) is 0.685. The Labute approximate surface area is 101 Å². The Morgan fingerprint density at radius 2 is 2.25 bits per heavy atom. The number of aliphatic hydroxyl groups is 1. The number of hydrogen-bond acceptors (Lipinski definition) is 4. The third-order valence-electron chi connectivity index (χ3n) is 3.57. The summed E-state index contributed by atoms with van der Waals surface area (Å²) in [7, 11) is 0. The molecule has 16 heavy (non-hydrogen) atoms. The molecule has 0 aromatic heterocycles. The predicted octanol–water partition coefficient (Wildman–Crippen LogP) is 0.0616. The fourth-order valence-electron chi connectivity index (χ4n) is 2.35. The lowest BCUT2D eigenvalue weighted by atomic mass is 10.1. The average molecular weight is 244 g/mol. The lowest BCUT2D eigenvalue weighted by molar-refractivity contribution is -0.135. The Hall–Kier alpha value is -0.260. The van der Waals surface area contributed by atoms with E-state index in [1.165, 1.54) is 0 Å². The van der Waals surface area contributed by atoms with E-state index in [4.69, 9.17) is 0 Å². The van der Waals surface area contributed by atoms with Crippen LogP contribution in [0.25, 0.3) is 0 Å². The van der Waals surface area contributed by atoms with Crippen molar-refractivity contribution in [2.24, 2.45) is 0 Å². The first-order valence-electron chi connectivity index (χ1n) is 5.93. The summed E-state index contributed by atoms with van der Waals surface area (Å²) in [6.07, 6.45) is 0.199. The lowest BCUT2D eigenvalue weighted by Crippen LogP contribution is -2.53. The van der Waals surface area contributed by atoms with Crippen molar-refractivity contribution in [1.29, 1.82) is 0 Å². The number of aliphatic hydroxyl groups excluding tert-OH is 1. The third-order valence-corrected chi connectivity index (χ3v) is 4.91. The van der Waals surface area contributed by atoms with E-state index in [0.717, 1.165) is 12.3 Å². The maximum Gasteiger partial charge on any atom is 0.240 e. The van der Waals surface area contributed by atoms with Gasteiger partial charge < -0.3 is 15.3 Å². The molecular weight excluding hydrogens is 224 g/mol. The Balaban J connectivity index is 1.98. The maximum absolute atomic E-state index is 12.2. The second kappa shape index (κ2) is 4.94. The smallest absolute Gasteiger partial charge is 0.240 e. The van der Waals surface area contributed by atoms with Gasteiger partial charge in [0.1, 0.15) is 0 Å². The highest BCUT2D eigenvalue weighted by Crippen LogP contribution is 2.25. The van der Waals surface area contributed by atoms with E-state index in [0.29, 0.717) is 24.3 Å². The van der Waals surface area contributed by atoms with Crippen LogP contribution in [-0.2, 0) is 4.79 Å². The van der Waals surface area contributed by atoms with E-state index >= 15 is 0 Å². The van der Waals surface area contributed by atoms with E-state index in [9.17, 15) is 9.90 Å². The molecule has 2 saturated heterocycles. The summed E-state index contributed by atoms with van der Waals surface area (Å²) in [6.45, 7) is 5.66. The number of thioether (sulfide) groups is 1. The maximum atomic E-state index is 12.2. The fraction of sp³-hybridized carbons (Fsp3) is 0.909. The number of nitrogens with zero attached hydrogens (tertiary/aromatic N) is 1. The van der Waals surface area contributed by atoms with Crippen molar-refractivity contribution in [3.63, 3.8) is 0 Å². The van der Waals surface area contributed by atoms with E-state index in [1.807, 2.05) is 16.7 Å². The van der Waals surface area contributed by atoms with Crippen molar-refractivity contribution in [3.8, 4) is 0 Å². The van der Waals surface area contributed by atoms with Crippen LogP contribution in [0.4, 0.5) is 0 Å². The van der Waals surface area contributed by atoms with Gasteiger partial charge in [-0.25, -0.2) is 0 Å². The molecule has 0 aromatic carbocycles. The molecule has 2 aliphatic heterocycles. The molecule has 4 unspecified atom stereocenters. The molecule has 2 rings (SSSR count). The highest BCUT2D eigenvalue weighted by molar-refractivity contribution is 8.00. The van der Waals surface area contributed by atoms with Gasteiger partial charge in [0.25, 0.3) is 0 Å². The van der Waals surface area contributed by atoms with Gasteiger partial charge in [0.05, 0.1) is 12.1 Å². The van der Waals surface area contributed by atoms with Crippen LogP contribution in [0.5, 0.6) is 0 Å². The minimum absolute atomic E-state index is 0.163. The normalized spacial score (nSPS) is 40.1. The minimum atomic E-state index is -0.360. The van der Waals surface area contributed by atoms with Crippen LogP contribution < -0.4 is 5.32 Å². The Morgan fingerprint density at radius 3 is 2.88 bits per heavy atom. The number of carbonyl (C=O) groups excluding carboxylic acids is 1. The van der Waals surface area contributed by atoms with Crippen LogP contribution in [0.2, 0.25) is 0 Å². The van der Waals surface area contributed by atoms with E-state index in [1.54, 1.807) is 0 Å². The summed E-state index contributed by atoms with van der Waals surface area (Å²) < 4.78 is 0. The second-order valence-corrected chi connectivity index (χ2v) is 6.18.